The molecule has 1 saturated heterocycles. The zero-order valence-corrected chi connectivity index (χ0v) is 13.8. The molecular weight excluding hydrogens is 300 g/mol. The normalized spacial score (nSPS) is 18.2. The largest absolute Gasteiger partial charge is 0.383 e. The Morgan fingerprint density at radius 3 is 2.83 bits per heavy atom. The second kappa shape index (κ2) is 5.70. The number of fused-ring (bicyclic) bond motifs is 1. The molecule has 2 aromatic heterocycles. The molecule has 3 heterocycles. The summed E-state index contributed by atoms with van der Waals surface area (Å²) in [5.41, 5.74) is 14.3. The monoisotopic (exact) mass is 322 g/mol. The van der Waals surface area contributed by atoms with Gasteiger partial charge in [-0.25, -0.2) is 0 Å². The van der Waals surface area contributed by atoms with E-state index < -0.39 is 0 Å². The minimum Gasteiger partial charge on any atom is -0.383 e. The fourth-order valence-electron chi connectivity index (χ4n) is 3.77. The SMILES string of the molecule is Cn1cc(C2CCCN(c3cc(N)nc(N)n3)C2)c2ccccc21. The first-order valence-electron chi connectivity index (χ1n) is 8.31. The summed E-state index contributed by atoms with van der Waals surface area (Å²) in [6.07, 6.45) is 4.57. The molecule has 0 bridgehead atoms. The average molecular weight is 322 g/mol. The highest BCUT2D eigenvalue weighted by atomic mass is 15.2. The number of nitrogens with zero attached hydrogens (tertiary/aromatic N) is 4. The lowest BCUT2D eigenvalue weighted by atomic mass is 9.90. The number of aromatic nitrogens is 3. The number of rotatable bonds is 2. The second-order valence-corrected chi connectivity index (χ2v) is 6.51. The van der Waals surface area contributed by atoms with Crippen molar-refractivity contribution in [3.05, 3.63) is 42.1 Å². The number of para-hydroxylation sites is 1. The molecule has 1 aromatic carbocycles. The Kier molecular flexibility index (Phi) is 3.52. The Hall–Kier alpha value is -2.76. The van der Waals surface area contributed by atoms with Gasteiger partial charge < -0.3 is 20.9 Å². The maximum Gasteiger partial charge on any atom is 0.223 e. The molecule has 6 nitrogen and oxygen atoms in total. The van der Waals surface area contributed by atoms with Crippen molar-refractivity contribution in [2.45, 2.75) is 18.8 Å². The summed E-state index contributed by atoms with van der Waals surface area (Å²) in [5, 5.41) is 1.34. The van der Waals surface area contributed by atoms with Crippen LogP contribution < -0.4 is 16.4 Å². The number of anilines is 3. The molecule has 1 fully saturated rings. The summed E-state index contributed by atoms with van der Waals surface area (Å²) in [6.45, 7) is 1.89. The number of nitrogens with two attached hydrogens (primary N) is 2. The molecule has 0 spiro atoms. The van der Waals surface area contributed by atoms with Gasteiger partial charge in [0.2, 0.25) is 5.95 Å². The summed E-state index contributed by atoms with van der Waals surface area (Å²) in [4.78, 5) is 10.6. The smallest absolute Gasteiger partial charge is 0.223 e. The molecule has 0 aliphatic carbocycles. The molecule has 6 heteroatoms. The Labute approximate surface area is 141 Å². The first kappa shape index (κ1) is 14.8. The van der Waals surface area contributed by atoms with E-state index in [2.05, 4.69) is 56.9 Å². The Morgan fingerprint density at radius 1 is 1.17 bits per heavy atom. The standard InChI is InChI=1S/C18H22N6/c1-23-11-14(13-6-2-3-7-15(13)23)12-5-4-8-24(10-12)17-9-16(19)21-18(20)22-17/h2-3,6-7,9,11-12H,4-5,8,10H2,1H3,(H4,19,20,21,22). The van der Waals surface area contributed by atoms with E-state index in [9.17, 15) is 0 Å². The van der Waals surface area contributed by atoms with E-state index in [0.29, 0.717) is 11.7 Å². The van der Waals surface area contributed by atoms with Crippen molar-refractivity contribution in [3.63, 3.8) is 0 Å². The van der Waals surface area contributed by atoms with E-state index in [1.807, 2.05) is 6.07 Å². The molecule has 4 N–H and O–H groups in total. The summed E-state index contributed by atoms with van der Waals surface area (Å²) in [5.74, 6) is 1.95. The fourth-order valence-corrected chi connectivity index (χ4v) is 3.77. The van der Waals surface area contributed by atoms with Crippen molar-refractivity contribution in [1.82, 2.24) is 14.5 Å². The van der Waals surface area contributed by atoms with Crippen LogP contribution in [0.25, 0.3) is 10.9 Å². The Bertz CT molecular complexity index is 864. The number of aryl methyl sites for hydroxylation is 1. The van der Waals surface area contributed by atoms with Crippen LogP contribution in [-0.2, 0) is 7.05 Å². The first-order valence-corrected chi connectivity index (χ1v) is 8.31. The third-order valence-electron chi connectivity index (χ3n) is 4.86. The summed E-state index contributed by atoms with van der Waals surface area (Å²) in [6, 6.07) is 10.4. The molecule has 0 saturated carbocycles. The quantitative estimate of drug-likeness (QED) is 0.757. The summed E-state index contributed by atoms with van der Waals surface area (Å²) >= 11 is 0. The van der Waals surface area contributed by atoms with Crippen LogP contribution in [0.3, 0.4) is 0 Å². The van der Waals surface area contributed by atoms with Crippen molar-refractivity contribution in [1.29, 1.82) is 0 Å². The fraction of sp³-hybridized carbons (Fsp3) is 0.333. The molecule has 1 aliphatic heterocycles. The molecular formula is C18H22N6. The van der Waals surface area contributed by atoms with Crippen molar-refractivity contribution >= 4 is 28.5 Å². The molecule has 4 rings (SSSR count). The van der Waals surface area contributed by atoms with E-state index in [1.54, 1.807) is 0 Å². The van der Waals surface area contributed by atoms with Gasteiger partial charge in [-0.1, -0.05) is 18.2 Å². The van der Waals surface area contributed by atoms with Crippen LogP contribution in [0.2, 0.25) is 0 Å². The lowest BCUT2D eigenvalue weighted by molar-refractivity contribution is 0.508. The van der Waals surface area contributed by atoms with E-state index in [4.69, 9.17) is 11.5 Å². The average Bonchev–Trinajstić information content (AvgIpc) is 2.92. The number of benzene rings is 1. The number of nitrogen functional groups attached to an aromatic ring is 2. The molecule has 0 amide bonds. The summed E-state index contributed by atoms with van der Waals surface area (Å²) < 4.78 is 2.21. The van der Waals surface area contributed by atoms with Crippen molar-refractivity contribution < 1.29 is 0 Å². The van der Waals surface area contributed by atoms with Gasteiger partial charge in [-0.2, -0.15) is 9.97 Å². The molecule has 24 heavy (non-hydrogen) atoms. The second-order valence-electron chi connectivity index (χ2n) is 6.51. The lowest BCUT2D eigenvalue weighted by Crippen LogP contribution is -2.35. The minimum absolute atomic E-state index is 0.234. The Balaban J connectivity index is 1.67. The van der Waals surface area contributed by atoms with Gasteiger partial charge >= 0.3 is 0 Å². The molecule has 0 radical (unpaired) electrons. The first-order chi connectivity index (χ1) is 11.6. The van der Waals surface area contributed by atoms with Crippen LogP contribution >= 0.6 is 0 Å². The zero-order chi connectivity index (χ0) is 16.7. The van der Waals surface area contributed by atoms with E-state index in [0.717, 1.165) is 25.3 Å². The third kappa shape index (κ3) is 2.54. The predicted octanol–water partition coefficient (Wildman–Crippen LogP) is 2.52. The van der Waals surface area contributed by atoms with Gasteiger partial charge in [0.25, 0.3) is 0 Å². The van der Waals surface area contributed by atoms with Gasteiger partial charge in [0.05, 0.1) is 0 Å². The summed E-state index contributed by atoms with van der Waals surface area (Å²) in [7, 11) is 2.11. The number of piperidine rings is 1. The van der Waals surface area contributed by atoms with Crippen LogP contribution in [0, 0.1) is 0 Å². The van der Waals surface area contributed by atoms with Gasteiger partial charge in [0, 0.05) is 49.2 Å². The van der Waals surface area contributed by atoms with Gasteiger partial charge in [-0.3, -0.25) is 0 Å². The lowest BCUT2D eigenvalue weighted by Gasteiger charge is -2.33. The zero-order valence-electron chi connectivity index (χ0n) is 13.8. The van der Waals surface area contributed by atoms with Crippen molar-refractivity contribution in [3.8, 4) is 0 Å². The molecule has 1 atom stereocenters. The van der Waals surface area contributed by atoms with Crippen molar-refractivity contribution in [2.75, 3.05) is 29.5 Å². The molecule has 124 valence electrons. The molecule has 1 unspecified atom stereocenters. The van der Waals surface area contributed by atoms with E-state index in [1.165, 1.54) is 22.9 Å². The van der Waals surface area contributed by atoms with Crippen molar-refractivity contribution in [2.24, 2.45) is 7.05 Å². The topological polar surface area (TPSA) is 86.0 Å². The molecule has 1 aliphatic rings. The van der Waals surface area contributed by atoms with Gasteiger partial charge in [0.1, 0.15) is 11.6 Å². The van der Waals surface area contributed by atoms with Gasteiger partial charge in [-0.15, -0.1) is 0 Å². The number of hydrogen-bond acceptors (Lipinski definition) is 5. The number of hydrogen-bond donors (Lipinski definition) is 2. The minimum atomic E-state index is 0.234. The van der Waals surface area contributed by atoms with Gasteiger partial charge in [0.15, 0.2) is 0 Å². The highest BCUT2D eigenvalue weighted by Gasteiger charge is 2.25. The maximum atomic E-state index is 5.83. The van der Waals surface area contributed by atoms with E-state index in [-0.39, 0.29) is 5.95 Å². The van der Waals surface area contributed by atoms with E-state index >= 15 is 0 Å². The van der Waals surface area contributed by atoms with Crippen LogP contribution in [0.15, 0.2) is 36.5 Å². The van der Waals surface area contributed by atoms with Gasteiger partial charge in [-0.05, 0) is 24.5 Å². The predicted molar refractivity (Wildman–Crippen MR) is 98.0 cm³/mol. The third-order valence-corrected chi connectivity index (χ3v) is 4.86. The molecule has 3 aromatic rings. The highest BCUT2D eigenvalue weighted by molar-refractivity contribution is 5.84. The highest BCUT2D eigenvalue weighted by Crippen LogP contribution is 2.34. The van der Waals surface area contributed by atoms with Crippen LogP contribution in [0.4, 0.5) is 17.6 Å². The Morgan fingerprint density at radius 2 is 2.00 bits per heavy atom. The van der Waals surface area contributed by atoms with Crippen LogP contribution in [-0.4, -0.2) is 27.6 Å². The van der Waals surface area contributed by atoms with Crippen LogP contribution in [0.5, 0.6) is 0 Å². The van der Waals surface area contributed by atoms with Crippen LogP contribution in [0.1, 0.15) is 24.3 Å². The maximum absolute atomic E-state index is 5.83.